The van der Waals surface area contributed by atoms with Crippen LogP contribution < -0.4 is 5.32 Å². The van der Waals surface area contributed by atoms with Crippen LogP contribution in [-0.4, -0.2) is 18.5 Å². The molecular weight excluding hydrogens is 333 g/mol. The van der Waals surface area contributed by atoms with E-state index in [0.29, 0.717) is 4.47 Å². The quantitative estimate of drug-likeness (QED) is 0.868. The Balaban J connectivity index is 1.88. The second-order valence-electron chi connectivity index (χ2n) is 3.73. The van der Waals surface area contributed by atoms with Crippen molar-refractivity contribution in [3.8, 4) is 0 Å². The third-order valence-corrected chi connectivity index (χ3v) is 2.76. The van der Waals surface area contributed by atoms with E-state index in [1.54, 1.807) is 6.07 Å². The van der Waals surface area contributed by atoms with Crippen LogP contribution in [0.2, 0.25) is 0 Å². The molecule has 1 aromatic carbocycles. The minimum atomic E-state index is -0.763. The van der Waals surface area contributed by atoms with E-state index in [-0.39, 0.29) is 11.4 Å². The topological polar surface area (TPSA) is 68.5 Å². The molecule has 20 heavy (non-hydrogen) atoms. The van der Waals surface area contributed by atoms with Crippen molar-refractivity contribution in [1.29, 1.82) is 0 Å². The van der Waals surface area contributed by atoms with Crippen molar-refractivity contribution >= 4 is 33.5 Å². The number of hydrogen-bond acceptors (Lipinski definition) is 4. The first kappa shape index (κ1) is 14.3. The lowest BCUT2D eigenvalue weighted by molar-refractivity contribution is -0.119. The Kier molecular flexibility index (Phi) is 4.52. The van der Waals surface area contributed by atoms with Crippen LogP contribution in [0.4, 0.5) is 10.1 Å². The number of benzene rings is 1. The molecule has 7 heteroatoms. The molecule has 1 aromatic heterocycles. The number of carbonyl (C=O) groups excluding carboxylic acids is 2. The average molecular weight is 342 g/mol. The molecule has 0 aliphatic carbocycles. The maximum absolute atomic E-state index is 13.5. The molecule has 0 unspecified atom stereocenters. The van der Waals surface area contributed by atoms with E-state index < -0.39 is 24.3 Å². The summed E-state index contributed by atoms with van der Waals surface area (Å²) >= 11 is 3.10. The predicted octanol–water partition coefficient (Wildman–Crippen LogP) is 2.98. The van der Waals surface area contributed by atoms with E-state index in [0.717, 1.165) is 0 Å². The zero-order valence-corrected chi connectivity index (χ0v) is 11.6. The number of halogens is 2. The summed E-state index contributed by atoms with van der Waals surface area (Å²) < 4.78 is 23.5. The van der Waals surface area contributed by atoms with E-state index >= 15 is 0 Å². The third-order valence-electron chi connectivity index (χ3n) is 2.26. The molecule has 104 valence electrons. The van der Waals surface area contributed by atoms with Crippen LogP contribution in [0.1, 0.15) is 10.6 Å². The van der Waals surface area contributed by atoms with Gasteiger partial charge in [0.25, 0.3) is 5.91 Å². The molecule has 0 bridgehead atoms. The highest BCUT2D eigenvalue weighted by molar-refractivity contribution is 9.10. The first-order chi connectivity index (χ1) is 9.56. The number of carbonyl (C=O) groups is 2. The Bertz CT molecular complexity index is 627. The molecule has 2 rings (SSSR count). The number of anilines is 1. The molecule has 0 fully saturated rings. The third kappa shape index (κ3) is 3.67. The van der Waals surface area contributed by atoms with Crippen LogP contribution in [0.15, 0.2) is 45.5 Å². The van der Waals surface area contributed by atoms with Gasteiger partial charge >= 0.3 is 5.97 Å². The summed E-state index contributed by atoms with van der Waals surface area (Å²) in [5, 5.41) is 2.30. The van der Waals surface area contributed by atoms with Gasteiger partial charge in [0, 0.05) is 4.47 Å². The minimum absolute atomic E-state index is 0.00671. The van der Waals surface area contributed by atoms with Crippen molar-refractivity contribution in [3.05, 3.63) is 52.6 Å². The molecule has 1 N–H and O–H groups in total. The molecule has 2 aromatic rings. The van der Waals surface area contributed by atoms with Crippen LogP contribution in [0, 0.1) is 5.82 Å². The molecule has 0 aliphatic heterocycles. The van der Waals surface area contributed by atoms with Crippen LogP contribution in [-0.2, 0) is 9.53 Å². The van der Waals surface area contributed by atoms with Crippen molar-refractivity contribution in [2.45, 2.75) is 0 Å². The second-order valence-corrected chi connectivity index (χ2v) is 4.64. The Labute approximate surface area is 121 Å². The lowest BCUT2D eigenvalue weighted by atomic mass is 10.3. The van der Waals surface area contributed by atoms with E-state index in [9.17, 15) is 14.0 Å². The second kappa shape index (κ2) is 6.33. The number of rotatable bonds is 4. The SMILES string of the molecule is O=C(COC(=O)c1ccco1)Nc1ccc(Br)cc1F. The van der Waals surface area contributed by atoms with Crippen LogP contribution >= 0.6 is 15.9 Å². The fraction of sp³-hybridized carbons (Fsp3) is 0.0769. The molecule has 0 radical (unpaired) electrons. The predicted molar refractivity (Wildman–Crippen MR) is 71.7 cm³/mol. The highest BCUT2D eigenvalue weighted by Gasteiger charge is 2.13. The van der Waals surface area contributed by atoms with Gasteiger partial charge in [0.15, 0.2) is 6.61 Å². The van der Waals surface area contributed by atoms with E-state index in [1.807, 2.05) is 0 Å². The van der Waals surface area contributed by atoms with E-state index in [4.69, 9.17) is 9.15 Å². The number of nitrogens with one attached hydrogen (secondary N) is 1. The highest BCUT2D eigenvalue weighted by Crippen LogP contribution is 2.19. The Morgan fingerprint density at radius 3 is 2.80 bits per heavy atom. The van der Waals surface area contributed by atoms with Crippen LogP contribution in [0.5, 0.6) is 0 Å². The summed E-state index contributed by atoms with van der Waals surface area (Å²) in [4.78, 5) is 22.9. The monoisotopic (exact) mass is 341 g/mol. The zero-order chi connectivity index (χ0) is 14.5. The lowest BCUT2D eigenvalue weighted by Gasteiger charge is -2.07. The fourth-order valence-corrected chi connectivity index (χ4v) is 1.71. The van der Waals surface area contributed by atoms with Gasteiger partial charge in [-0.3, -0.25) is 4.79 Å². The summed E-state index contributed by atoms with van der Waals surface area (Å²) in [6, 6.07) is 7.12. The van der Waals surface area contributed by atoms with Gasteiger partial charge in [-0.05, 0) is 30.3 Å². The summed E-state index contributed by atoms with van der Waals surface area (Å²) in [5.41, 5.74) is 0.00671. The lowest BCUT2D eigenvalue weighted by Crippen LogP contribution is -2.21. The summed E-state index contributed by atoms with van der Waals surface area (Å²) in [7, 11) is 0. The van der Waals surface area contributed by atoms with Crippen molar-refractivity contribution in [1.82, 2.24) is 0 Å². The first-order valence-electron chi connectivity index (χ1n) is 5.52. The van der Waals surface area contributed by atoms with Crippen LogP contribution in [0.3, 0.4) is 0 Å². The number of furan rings is 1. The highest BCUT2D eigenvalue weighted by atomic mass is 79.9. The van der Waals surface area contributed by atoms with Crippen molar-refractivity contribution < 1.29 is 23.1 Å². The fourth-order valence-electron chi connectivity index (χ4n) is 1.37. The Morgan fingerprint density at radius 2 is 2.15 bits per heavy atom. The summed E-state index contributed by atoms with van der Waals surface area (Å²) in [6.45, 7) is -0.533. The standard InChI is InChI=1S/C13H9BrFNO4/c14-8-3-4-10(9(15)6-8)16-12(17)7-20-13(18)11-2-1-5-19-11/h1-6H,7H2,(H,16,17). The Hall–Kier alpha value is -2.15. The number of esters is 1. The molecule has 1 heterocycles. The van der Waals surface area contributed by atoms with Gasteiger partial charge in [-0.1, -0.05) is 15.9 Å². The Morgan fingerprint density at radius 1 is 1.35 bits per heavy atom. The molecule has 0 saturated carbocycles. The number of ether oxygens (including phenoxy) is 1. The minimum Gasteiger partial charge on any atom is -0.457 e. The van der Waals surface area contributed by atoms with E-state index in [2.05, 4.69) is 21.2 Å². The van der Waals surface area contributed by atoms with Gasteiger partial charge in [-0.2, -0.15) is 0 Å². The van der Waals surface area contributed by atoms with Crippen molar-refractivity contribution in [3.63, 3.8) is 0 Å². The maximum atomic E-state index is 13.5. The largest absolute Gasteiger partial charge is 0.457 e. The van der Waals surface area contributed by atoms with E-state index in [1.165, 1.54) is 30.5 Å². The van der Waals surface area contributed by atoms with Gasteiger partial charge in [-0.15, -0.1) is 0 Å². The van der Waals surface area contributed by atoms with Gasteiger partial charge in [-0.25, -0.2) is 9.18 Å². The molecule has 0 saturated heterocycles. The summed E-state index contributed by atoms with van der Waals surface area (Å²) in [5.74, 6) is -2.01. The maximum Gasteiger partial charge on any atom is 0.374 e. The summed E-state index contributed by atoms with van der Waals surface area (Å²) in [6.07, 6.45) is 1.31. The molecule has 0 atom stereocenters. The van der Waals surface area contributed by atoms with Gasteiger partial charge in [0.1, 0.15) is 5.82 Å². The zero-order valence-electron chi connectivity index (χ0n) is 10.1. The van der Waals surface area contributed by atoms with Gasteiger partial charge in [0.2, 0.25) is 5.76 Å². The van der Waals surface area contributed by atoms with Gasteiger partial charge < -0.3 is 14.5 Å². The average Bonchev–Trinajstić information content (AvgIpc) is 2.93. The molecule has 1 amide bonds. The molecular formula is C13H9BrFNO4. The molecule has 5 nitrogen and oxygen atoms in total. The number of hydrogen-bond donors (Lipinski definition) is 1. The normalized spacial score (nSPS) is 10.1. The molecule has 0 spiro atoms. The van der Waals surface area contributed by atoms with Crippen LogP contribution in [0.25, 0.3) is 0 Å². The molecule has 0 aliphatic rings. The first-order valence-corrected chi connectivity index (χ1v) is 6.31. The van der Waals surface area contributed by atoms with Gasteiger partial charge in [0.05, 0.1) is 12.0 Å². The number of amides is 1. The van der Waals surface area contributed by atoms with Crippen molar-refractivity contribution in [2.24, 2.45) is 0 Å². The van der Waals surface area contributed by atoms with Crippen molar-refractivity contribution in [2.75, 3.05) is 11.9 Å². The smallest absolute Gasteiger partial charge is 0.374 e.